The second-order valence-electron chi connectivity index (χ2n) is 6.06. The fraction of sp³-hybridized carbons (Fsp3) is 0.0476. The van der Waals surface area contributed by atoms with Crippen LogP contribution in [0.1, 0.15) is 10.4 Å². The third kappa shape index (κ3) is 3.46. The molecule has 0 saturated carbocycles. The Bertz CT molecular complexity index is 1150. The second-order valence-corrected chi connectivity index (χ2v) is 6.06. The molecule has 4 aromatic rings. The molecular weight excluding hydrogens is 344 g/mol. The molecule has 0 spiro atoms. The molecule has 0 bridgehead atoms. The van der Waals surface area contributed by atoms with E-state index in [0.29, 0.717) is 16.9 Å². The predicted molar refractivity (Wildman–Crippen MR) is 103 cm³/mol. The largest absolute Gasteiger partial charge is 0.456 e. The van der Waals surface area contributed by atoms with Crippen molar-refractivity contribution in [2.45, 2.75) is 0 Å². The van der Waals surface area contributed by atoms with Crippen LogP contribution in [0.25, 0.3) is 21.9 Å². The van der Waals surface area contributed by atoms with Gasteiger partial charge in [-0.2, -0.15) is 0 Å². The first-order valence-electron chi connectivity index (χ1n) is 8.34. The number of para-hydroxylation sites is 1. The molecule has 0 unspecified atom stereocenters. The second kappa shape index (κ2) is 6.84. The molecule has 0 aliphatic carbocycles. The van der Waals surface area contributed by atoms with Crippen molar-refractivity contribution in [2.75, 3.05) is 17.7 Å². The normalized spacial score (nSPS) is 10.8. The van der Waals surface area contributed by atoms with Crippen LogP contribution in [0, 0.1) is 0 Å². The van der Waals surface area contributed by atoms with E-state index < -0.39 is 11.9 Å². The van der Waals surface area contributed by atoms with Gasteiger partial charge in [0.05, 0.1) is 5.56 Å². The fourth-order valence-electron chi connectivity index (χ4n) is 2.83. The van der Waals surface area contributed by atoms with Crippen LogP contribution >= 0.6 is 0 Å². The maximum Gasteiger partial charge on any atom is 0.338 e. The van der Waals surface area contributed by atoms with E-state index in [-0.39, 0.29) is 6.61 Å². The SMILES string of the molecule is Nc1ccc(C(=O)OCC(=O)Nc2ccc3oc4ccccc4c3c2)cc1. The van der Waals surface area contributed by atoms with Crippen molar-refractivity contribution in [3.8, 4) is 0 Å². The van der Waals surface area contributed by atoms with Crippen molar-refractivity contribution >= 4 is 45.2 Å². The first kappa shape index (κ1) is 16.7. The molecule has 0 atom stereocenters. The van der Waals surface area contributed by atoms with Gasteiger partial charge in [-0.1, -0.05) is 18.2 Å². The quantitative estimate of drug-likeness (QED) is 0.424. The van der Waals surface area contributed by atoms with Gasteiger partial charge in [0.15, 0.2) is 6.61 Å². The van der Waals surface area contributed by atoms with Crippen molar-refractivity contribution in [3.05, 3.63) is 72.3 Å². The molecule has 0 saturated heterocycles. The van der Waals surface area contributed by atoms with Gasteiger partial charge in [-0.05, 0) is 48.5 Å². The van der Waals surface area contributed by atoms with Gasteiger partial charge in [-0.3, -0.25) is 4.79 Å². The van der Waals surface area contributed by atoms with Gasteiger partial charge in [0.1, 0.15) is 11.2 Å². The summed E-state index contributed by atoms with van der Waals surface area (Å²) < 4.78 is 10.8. The molecule has 3 aromatic carbocycles. The number of nitrogen functional groups attached to an aromatic ring is 1. The third-order valence-electron chi connectivity index (χ3n) is 4.14. The Morgan fingerprint density at radius 2 is 1.67 bits per heavy atom. The van der Waals surface area contributed by atoms with Crippen LogP contribution in [-0.2, 0) is 9.53 Å². The zero-order valence-corrected chi connectivity index (χ0v) is 14.3. The lowest BCUT2D eigenvalue weighted by Crippen LogP contribution is -2.20. The minimum absolute atomic E-state index is 0.336. The Hall–Kier alpha value is -3.80. The fourth-order valence-corrected chi connectivity index (χ4v) is 2.83. The van der Waals surface area contributed by atoms with E-state index in [1.807, 2.05) is 30.3 Å². The Morgan fingerprint density at radius 3 is 2.48 bits per heavy atom. The molecule has 3 N–H and O–H groups in total. The van der Waals surface area contributed by atoms with Crippen LogP contribution in [0.15, 0.2) is 71.1 Å². The summed E-state index contributed by atoms with van der Waals surface area (Å²) in [6.07, 6.45) is 0. The van der Waals surface area contributed by atoms with E-state index in [2.05, 4.69) is 5.32 Å². The number of rotatable bonds is 4. The van der Waals surface area contributed by atoms with Crippen LogP contribution in [0.4, 0.5) is 11.4 Å². The summed E-state index contributed by atoms with van der Waals surface area (Å²) in [5.41, 5.74) is 8.59. The maximum absolute atomic E-state index is 12.1. The number of benzene rings is 3. The van der Waals surface area contributed by atoms with Gasteiger partial charge in [0.2, 0.25) is 0 Å². The maximum atomic E-state index is 12.1. The number of nitrogens with two attached hydrogens (primary N) is 1. The van der Waals surface area contributed by atoms with E-state index in [4.69, 9.17) is 14.9 Å². The molecule has 134 valence electrons. The Balaban J connectivity index is 1.44. The molecule has 4 rings (SSSR count). The van der Waals surface area contributed by atoms with Crippen LogP contribution in [0.5, 0.6) is 0 Å². The molecule has 0 fully saturated rings. The lowest BCUT2D eigenvalue weighted by atomic mass is 10.1. The van der Waals surface area contributed by atoms with Gasteiger partial charge in [-0.15, -0.1) is 0 Å². The van der Waals surface area contributed by atoms with Gasteiger partial charge in [-0.25, -0.2) is 4.79 Å². The molecule has 0 aliphatic heterocycles. The topological polar surface area (TPSA) is 94.6 Å². The summed E-state index contributed by atoms with van der Waals surface area (Å²) in [7, 11) is 0. The lowest BCUT2D eigenvalue weighted by molar-refractivity contribution is -0.119. The number of hydrogen-bond donors (Lipinski definition) is 2. The van der Waals surface area contributed by atoms with E-state index in [1.54, 1.807) is 36.4 Å². The zero-order valence-electron chi connectivity index (χ0n) is 14.3. The van der Waals surface area contributed by atoms with Crippen LogP contribution in [0.2, 0.25) is 0 Å². The summed E-state index contributed by atoms with van der Waals surface area (Å²) in [6, 6.07) is 19.4. The number of fused-ring (bicyclic) bond motifs is 3. The summed E-state index contributed by atoms with van der Waals surface area (Å²) >= 11 is 0. The number of nitrogens with one attached hydrogen (secondary N) is 1. The summed E-state index contributed by atoms with van der Waals surface area (Å²) in [5.74, 6) is -1.01. The number of anilines is 2. The van der Waals surface area contributed by atoms with E-state index >= 15 is 0 Å². The minimum atomic E-state index is -0.582. The molecule has 0 aliphatic rings. The highest BCUT2D eigenvalue weighted by atomic mass is 16.5. The third-order valence-corrected chi connectivity index (χ3v) is 4.14. The average Bonchev–Trinajstić information content (AvgIpc) is 3.05. The van der Waals surface area contributed by atoms with E-state index in [9.17, 15) is 9.59 Å². The number of furan rings is 1. The van der Waals surface area contributed by atoms with Gasteiger partial charge >= 0.3 is 5.97 Å². The lowest BCUT2D eigenvalue weighted by Gasteiger charge is -2.07. The predicted octanol–water partition coefficient (Wildman–Crippen LogP) is 3.96. The molecule has 6 heteroatoms. The van der Waals surface area contributed by atoms with Crippen molar-refractivity contribution < 1.29 is 18.7 Å². The monoisotopic (exact) mass is 360 g/mol. The van der Waals surface area contributed by atoms with E-state index in [0.717, 1.165) is 21.9 Å². The molecule has 1 amide bonds. The Morgan fingerprint density at radius 1 is 0.926 bits per heavy atom. The first-order valence-corrected chi connectivity index (χ1v) is 8.34. The smallest absolute Gasteiger partial charge is 0.338 e. The van der Waals surface area contributed by atoms with E-state index in [1.165, 1.54) is 0 Å². The molecule has 1 aromatic heterocycles. The van der Waals surface area contributed by atoms with Crippen molar-refractivity contribution in [3.63, 3.8) is 0 Å². The number of carbonyl (C=O) groups excluding carboxylic acids is 2. The minimum Gasteiger partial charge on any atom is -0.456 e. The van der Waals surface area contributed by atoms with Crippen molar-refractivity contribution in [1.82, 2.24) is 0 Å². The highest BCUT2D eigenvalue weighted by Gasteiger charge is 2.12. The Labute approximate surface area is 154 Å². The van der Waals surface area contributed by atoms with Crippen LogP contribution in [-0.4, -0.2) is 18.5 Å². The van der Waals surface area contributed by atoms with Gasteiger partial charge in [0.25, 0.3) is 5.91 Å². The highest BCUT2D eigenvalue weighted by molar-refractivity contribution is 6.07. The molecular formula is C21H16N2O4. The van der Waals surface area contributed by atoms with Crippen LogP contribution < -0.4 is 11.1 Å². The summed E-state index contributed by atoms with van der Waals surface area (Å²) in [6.45, 7) is -0.382. The van der Waals surface area contributed by atoms with Gasteiger partial charge < -0.3 is 20.2 Å². The first-order chi connectivity index (χ1) is 13.1. The van der Waals surface area contributed by atoms with Gasteiger partial charge in [0, 0.05) is 22.1 Å². The molecule has 1 heterocycles. The standard InChI is InChI=1S/C21H16N2O4/c22-14-7-5-13(6-8-14)21(25)26-12-20(24)23-15-9-10-19-17(11-15)16-3-1-2-4-18(16)27-19/h1-11H,12,22H2,(H,23,24). The van der Waals surface area contributed by atoms with Crippen molar-refractivity contribution in [2.24, 2.45) is 0 Å². The van der Waals surface area contributed by atoms with Crippen LogP contribution in [0.3, 0.4) is 0 Å². The highest BCUT2D eigenvalue weighted by Crippen LogP contribution is 2.30. The Kier molecular flexibility index (Phi) is 4.22. The zero-order chi connectivity index (χ0) is 18.8. The number of carbonyl (C=O) groups is 2. The number of esters is 1. The molecule has 27 heavy (non-hydrogen) atoms. The molecule has 0 radical (unpaired) electrons. The average molecular weight is 360 g/mol. The van der Waals surface area contributed by atoms with Crippen molar-refractivity contribution in [1.29, 1.82) is 0 Å². The number of amides is 1. The summed E-state index contributed by atoms with van der Waals surface area (Å²) in [4.78, 5) is 24.1. The number of hydrogen-bond acceptors (Lipinski definition) is 5. The number of ether oxygens (including phenoxy) is 1. The molecule has 6 nitrogen and oxygen atoms in total. The summed E-state index contributed by atoms with van der Waals surface area (Å²) in [5, 5.41) is 4.60.